The average molecular weight is 277 g/mol. The molecule has 3 heteroatoms. The van der Waals surface area contributed by atoms with E-state index in [0.717, 1.165) is 24.4 Å². The first-order valence-corrected chi connectivity index (χ1v) is 7.78. The second kappa shape index (κ2) is 7.65. The third kappa shape index (κ3) is 3.97. The summed E-state index contributed by atoms with van der Waals surface area (Å²) in [6.45, 7) is 4.35. The molecule has 0 amide bonds. The van der Waals surface area contributed by atoms with Crippen molar-refractivity contribution < 1.29 is 9.84 Å². The number of benzene rings is 1. The highest BCUT2D eigenvalue weighted by Crippen LogP contribution is 2.24. The maximum atomic E-state index is 10.6. The van der Waals surface area contributed by atoms with Gasteiger partial charge in [0.25, 0.3) is 0 Å². The Kier molecular flexibility index (Phi) is 5.86. The minimum atomic E-state index is -0.430. The number of ether oxygens (including phenoxy) is 1. The molecular formula is C17H27NO2. The van der Waals surface area contributed by atoms with E-state index in [4.69, 9.17) is 4.74 Å². The minimum Gasteiger partial charge on any atom is -0.497 e. The number of aliphatic hydroxyl groups excluding tert-OH is 1. The highest BCUT2D eigenvalue weighted by atomic mass is 16.5. The monoisotopic (exact) mass is 277 g/mol. The van der Waals surface area contributed by atoms with E-state index >= 15 is 0 Å². The van der Waals surface area contributed by atoms with Gasteiger partial charge < -0.3 is 9.84 Å². The van der Waals surface area contributed by atoms with E-state index in [1.54, 1.807) is 7.11 Å². The lowest BCUT2D eigenvalue weighted by Gasteiger charge is -2.33. The van der Waals surface area contributed by atoms with Gasteiger partial charge in [0.2, 0.25) is 0 Å². The average Bonchev–Trinajstić information content (AvgIpc) is 2.46. The normalized spacial score (nSPS) is 20.8. The quantitative estimate of drug-likeness (QED) is 0.915. The van der Waals surface area contributed by atoms with Crippen LogP contribution in [0.1, 0.15) is 50.7 Å². The van der Waals surface area contributed by atoms with E-state index in [0.29, 0.717) is 0 Å². The van der Waals surface area contributed by atoms with Gasteiger partial charge in [-0.05, 0) is 50.6 Å². The van der Waals surface area contributed by atoms with Crippen molar-refractivity contribution in [2.24, 2.45) is 0 Å². The van der Waals surface area contributed by atoms with Gasteiger partial charge in [-0.2, -0.15) is 0 Å². The smallest absolute Gasteiger partial charge is 0.118 e. The van der Waals surface area contributed by atoms with Crippen molar-refractivity contribution in [3.63, 3.8) is 0 Å². The van der Waals surface area contributed by atoms with E-state index in [2.05, 4.69) is 11.8 Å². The van der Waals surface area contributed by atoms with Gasteiger partial charge >= 0.3 is 0 Å². The van der Waals surface area contributed by atoms with Crippen LogP contribution in [0.3, 0.4) is 0 Å². The first kappa shape index (κ1) is 15.3. The molecule has 1 aliphatic heterocycles. The van der Waals surface area contributed by atoms with Crippen molar-refractivity contribution in [2.75, 3.05) is 20.2 Å². The topological polar surface area (TPSA) is 32.7 Å². The highest BCUT2D eigenvalue weighted by Gasteiger charge is 2.23. The first-order chi connectivity index (χ1) is 9.72. The molecule has 0 saturated carbocycles. The van der Waals surface area contributed by atoms with Crippen molar-refractivity contribution >= 4 is 0 Å². The summed E-state index contributed by atoms with van der Waals surface area (Å²) in [5.74, 6) is 0.833. The van der Waals surface area contributed by atoms with Gasteiger partial charge in [0.05, 0.1) is 13.2 Å². The number of methoxy groups -OCH3 is 1. The molecule has 1 N–H and O–H groups in total. The van der Waals surface area contributed by atoms with Crippen LogP contribution in [-0.4, -0.2) is 36.2 Å². The fourth-order valence-corrected chi connectivity index (χ4v) is 2.96. The molecule has 0 spiro atoms. The SMILES string of the molecule is COc1ccc(C(O)C(C)N2CCCCCCC2)cc1. The summed E-state index contributed by atoms with van der Waals surface area (Å²) in [5.41, 5.74) is 0.973. The van der Waals surface area contributed by atoms with Crippen LogP contribution in [0.4, 0.5) is 0 Å². The summed E-state index contributed by atoms with van der Waals surface area (Å²) < 4.78 is 5.16. The number of hydrogen-bond donors (Lipinski definition) is 1. The van der Waals surface area contributed by atoms with E-state index in [9.17, 15) is 5.11 Å². The maximum absolute atomic E-state index is 10.6. The van der Waals surface area contributed by atoms with Gasteiger partial charge in [0.1, 0.15) is 5.75 Å². The highest BCUT2D eigenvalue weighted by molar-refractivity contribution is 5.29. The minimum absolute atomic E-state index is 0.168. The number of rotatable bonds is 4. The summed E-state index contributed by atoms with van der Waals surface area (Å²) in [6.07, 6.45) is 6.08. The lowest BCUT2D eigenvalue weighted by Crippen LogP contribution is -2.39. The number of nitrogens with zero attached hydrogens (tertiary/aromatic N) is 1. The molecule has 0 radical (unpaired) electrons. The van der Waals surface area contributed by atoms with E-state index in [1.807, 2.05) is 24.3 Å². The fourth-order valence-electron chi connectivity index (χ4n) is 2.96. The second-order valence-electron chi connectivity index (χ2n) is 5.76. The molecule has 1 aromatic carbocycles. The van der Waals surface area contributed by atoms with Gasteiger partial charge in [0, 0.05) is 6.04 Å². The van der Waals surface area contributed by atoms with Gasteiger partial charge in [-0.15, -0.1) is 0 Å². The molecule has 2 atom stereocenters. The zero-order chi connectivity index (χ0) is 14.4. The summed E-state index contributed by atoms with van der Waals surface area (Å²) >= 11 is 0. The van der Waals surface area contributed by atoms with Crippen LogP contribution < -0.4 is 4.74 Å². The van der Waals surface area contributed by atoms with E-state index < -0.39 is 6.10 Å². The van der Waals surface area contributed by atoms with E-state index in [-0.39, 0.29) is 6.04 Å². The third-order valence-corrected chi connectivity index (χ3v) is 4.38. The van der Waals surface area contributed by atoms with Crippen molar-refractivity contribution in [2.45, 2.75) is 51.2 Å². The van der Waals surface area contributed by atoms with Gasteiger partial charge in [0.15, 0.2) is 0 Å². The van der Waals surface area contributed by atoms with Crippen molar-refractivity contribution in [3.8, 4) is 5.75 Å². The first-order valence-electron chi connectivity index (χ1n) is 7.78. The Morgan fingerprint density at radius 1 is 1.00 bits per heavy atom. The van der Waals surface area contributed by atoms with Crippen LogP contribution in [0.2, 0.25) is 0 Å². The van der Waals surface area contributed by atoms with Crippen LogP contribution in [0, 0.1) is 0 Å². The number of aliphatic hydroxyl groups is 1. The Hall–Kier alpha value is -1.06. The molecule has 0 aromatic heterocycles. The predicted molar refractivity (Wildman–Crippen MR) is 82.1 cm³/mol. The molecule has 0 aliphatic carbocycles. The lowest BCUT2D eigenvalue weighted by atomic mass is 10.00. The molecule has 112 valence electrons. The largest absolute Gasteiger partial charge is 0.497 e. The zero-order valence-corrected chi connectivity index (χ0v) is 12.7. The Morgan fingerprint density at radius 2 is 1.55 bits per heavy atom. The van der Waals surface area contributed by atoms with Gasteiger partial charge in [-0.3, -0.25) is 4.90 Å². The Balaban J connectivity index is 1.99. The summed E-state index contributed by atoms with van der Waals surface area (Å²) in [5, 5.41) is 10.6. The number of likely N-dealkylation sites (tertiary alicyclic amines) is 1. The van der Waals surface area contributed by atoms with Gasteiger partial charge in [-0.25, -0.2) is 0 Å². The molecule has 20 heavy (non-hydrogen) atoms. The summed E-state index contributed by atoms with van der Waals surface area (Å²) in [4.78, 5) is 2.44. The second-order valence-corrected chi connectivity index (χ2v) is 5.76. The molecule has 1 fully saturated rings. The molecular weight excluding hydrogens is 250 g/mol. The number of hydrogen-bond acceptors (Lipinski definition) is 3. The Morgan fingerprint density at radius 3 is 2.10 bits per heavy atom. The Bertz CT molecular complexity index is 382. The van der Waals surface area contributed by atoms with Crippen LogP contribution in [0.25, 0.3) is 0 Å². The predicted octanol–water partition coefficient (Wildman–Crippen LogP) is 3.38. The lowest BCUT2D eigenvalue weighted by molar-refractivity contribution is 0.0531. The molecule has 1 aromatic rings. The summed E-state index contributed by atoms with van der Waals surface area (Å²) in [6, 6.07) is 7.92. The van der Waals surface area contributed by atoms with Crippen molar-refractivity contribution in [1.82, 2.24) is 4.90 Å². The molecule has 2 rings (SSSR count). The Labute approximate surface area is 122 Å². The molecule has 1 aliphatic rings. The molecule has 3 nitrogen and oxygen atoms in total. The standard InChI is InChI=1S/C17H27NO2/c1-14(18-12-6-4-3-5-7-13-18)17(19)15-8-10-16(20-2)11-9-15/h8-11,14,17,19H,3-7,12-13H2,1-2H3. The van der Waals surface area contributed by atoms with E-state index in [1.165, 1.54) is 32.1 Å². The fraction of sp³-hybridized carbons (Fsp3) is 0.647. The zero-order valence-electron chi connectivity index (χ0n) is 12.7. The maximum Gasteiger partial charge on any atom is 0.118 e. The van der Waals surface area contributed by atoms with Crippen LogP contribution in [0.15, 0.2) is 24.3 Å². The van der Waals surface area contributed by atoms with Gasteiger partial charge in [-0.1, -0.05) is 31.4 Å². The molecule has 1 saturated heterocycles. The van der Waals surface area contributed by atoms with Crippen LogP contribution in [0.5, 0.6) is 5.75 Å². The molecule has 0 bridgehead atoms. The van der Waals surface area contributed by atoms with Crippen molar-refractivity contribution in [3.05, 3.63) is 29.8 Å². The molecule has 2 unspecified atom stereocenters. The van der Waals surface area contributed by atoms with Crippen LogP contribution in [-0.2, 0) is 0 Å². The van der Waals surface area contributed by atoms with Crippen LogP contribution >= 0.6 is 0 Å². The van der Waals surface area contributed by atoms with Crippen molar-refractivity contribution in [1.29, 1.82) is 0 Å². The summed E-state index contributed by atoms with van der Waals surface area (Å²) in [7, 11) is 1.66. The molecule has 1 heterocycles. The third-order valence-electron chi connectivity index (χ3n) is 4.38.